The van der Waals surface area contributed by atoms with Gasteiger partial charge in [0.1, 0.15) is 0 Å². The molecular weight excluding hydrogens is 372 g/mol. The summed E-state index contributed by atoms with van der Waals surface area (Å²) in [4.78, 5) is 12.6. The van der Waals surface area contributed by atoms with Crippen LogP contribution in [-0.2, 0) is 21.2 Å². The van der Waals surface area contributed by atoms with Crippen LogP contribution in [0.4, 0.5) is 5.69 Å². The van der Waals surface area contributed by atoms with E-state index in [1.165, 1.54) is 4.31 Å². The van der Waals surface area contributed by atoms with Gasteiger partial charge in [0.05, 0.1) is 11.3 Å². The van der Waals surface area contributed by atoms with Crippen molar-refractivity contribution in [1.82, 2.24) is 4.31 Å². The maximum Gasteiger partial charge on any atom is 0.243 e. The lowest BCUT2D eigenvalue weighted by atomic mass is 10.0. The molecule has 0 spiro atoms. The zero-order valence-electron chi connectivity index (χ0n) is 15.5. The molecule has 3 aromatic rings. The third kappa shape index (κ3) is 3.93. The van der Waals surface area contributed by atoms with E-state index in [1.54, 1.807) is 24.3 Å². The second-order valence-corrected chi connectivity index (χ2v) is 8.98. The van der Waals surface area contributed by atoms with Gasteiger partial charge in [-0.3, -0.25) is 4.79 Å². The summed E-state index contributed by atoms with van der Waals surface area (Å²) in [5.74, 6) is -0.134. The van der Waals surface area contributed by atoms with Crippen molar-refractivity contribution in [1.29, 1.82) is 0 Å². The van der Waals surface area contributed by atoms with Crippen LogP contribution in [0.3, 0.4) is 0 Å². The second-order valence-electron chi connectivity index (χ2n) is 7.04. The topological polar surface area (TPSA) is 66.5 Å². The van der Waals surface area contributed by atoms with Crippen LogP contribution in [0.5, 0.6) is 0 Å². The van der Waals surface area contributed by atoms with Gasteiger partial charge in [0, 0.05) is 18.8 Å². The smallest absolute Gasteiger partial charge is 0.243 e. The molecule has 0 atom stereocenters. The summed E-state index contributed by atoms with van der Waals surface area (Å²) in [6.07, 6.45) is 2.07. The van der Waals surface area contributed by atoms with Gasteiger partial charge in [-0.15, -0.1) is 0 Å². The number of anilines is 1. The molecule has 4 rings (SSSR count). The first-order valence-electron chi connectivity index (χ1n) is 9.40. The zero-order chi connectivity index (χ0) is 19.6. The molecule has 28 heavy (non-hydrogen) atoms. The minimum Gasteiger partial charge on any atom is -0.326 e. The Balaban J connectivity index is 1.42. The minimum atomic E-state index is -3.43. The molecule has 0 unspecified atom stereocenters. The lowest BCUT2D eigenvalue weighted by Gasteiger charge is -2.15. The summed E-state index contributed by atoms with van der Waals surface area (Å²) in [7, 11) is -3.43. The number of hydrogen-bond acceptors (Lipinski definition) is 3. The predicted octanol–water partition coefficient (Wildman–Crippen LogP) is 3.81. The molecule has 1 aliphatic rings. The fraction of sp³-hybridized carbons (Fsp3) is 0.227. The summed E-state index contributed by atoms with van der Waals surface area (Å²) in [6, 6.07) is 20.4. The first-order chi connectivity index (χ1) is 13.5. The van der Waals surface area contributed by atoms with E-state index < -0.39 is 10.0 Å². The number of amides is 1. The molecule has 0 aliphatic carbocycles. The quantitative estimate of drug-likeness (QED) is 0.716. The van der Waals surface area contributed by atoms with Crippen molar-refractivity contribution >= 4 is 32.4 Å². The highest BCUT2D eigenvalue weighted by Gasteiger charge is 2.26. The minimum absolute atomic E-state index is 0.134. The van der Waals surface area contributed by atoms with Crippen LogP contribution in [-0.4, -0.2) is 31.7 Å². The van der Waals surface area contributed by atoms with Crippen molar-refractivity contribution < 1.29 is 13.2 Å². The predicted molar refractivity (Wildman–Crippen MR) is 111 cm³/mol. The lowest BCUT2D eigenvalue weighted by molar-refractivity contribution is -0.115. The molecule has 0 saturated carbocycles. The normalized spacial score (nSPS) is 15.0. The van der Waals surface area contributed by atoms with E-state index in [2.05, 4.69) is 5.32 Å². The molecular formula is C22H22N2O3S. The molecule has 1 fully saturated rings. The van der Waals surface area contributed by atoms with Gasteiger partial charge in [0.25, 0.3) is 0 Å². The van der Waals surface area contributed by atoms with Gasteiger partial charge >= 0.3 is 0 Å². The van der Waals surface area contributed by atoms with Crippen LogP contribution < -0.4 is 5.32 Å². The van der Waals surface area contributed by atoms with Crippen LogP contribution >= 0.6 is 0 Å². The van der Waals surface area contributed by atoms with Gasteiger partial charge in [0.2, 0.25) is 15.9 Å². The first kappa shape index (κ1) is 18.7. The van der Waals surface area contributed by atoms with E-state index in [4.69, 9.17) is 0 Å². The average molecular weight is 394 g/mol. The van der Waals surface area contributed by atoms with Gasteiger partial charge in [-0.2, -0.15) is 4.31 Å². The van der Waals surface area contributed by atoms with Crippen molar-refractivity contribution in [2.45, 2.75) is 24.2 Å². The van der Waals surface area contributed by atoms with Gasteiger partial charge in [-0.1, -0.05) is 42.5 Å². The van der Waals surface area contributed by atoms with E-state index in [1.807, 2.05) is 42.5 Å². The number of sulfonamides is 1. The molecule has 5 nitrogen and oxygen atoms in total. The number of hydrogen-bond donors (Lipinski definition) is 1. The second kappa shape index (κ2) is 7.73. The Morgan fingerprint density at radius 2 is 1.57 bits per heavy atom. The number of carbonyl (C=O) groups excluding carboxylic acids is 1. The molecule has 1 amide bonds. The molecule has 1 saturated heterocycles. The average Bonchev–Trinajstić information content (AvgIpc) is 3.24. The van der Waals surface area contributed by atoms with Gasteiger partial charge in [-0.05, 0) is 53.4 Å². The number of nitrogens with one attached hydrogen (secondary N) is 1. The fourth-order valence-corrected chi connectivity index (χ4v) is 5.04. The van der Waals surface area contributed by atoms with Crippen LogP contribution in [0.25, 0.3) is 10.8 Å². The van der Waals surface area contributed by atoms with Crippen molar-refractivity contribution in [2.24, 2.45) is 0 Å². The molecule has 0 radical (unpaired) electrons. The van der Waals surface area contributed by atoms with E-state index in [-0.39, 0.29) is 17.2 Å². The van der Waals surface area contributed by atoms with Crippen LogP contribution in [0, 0.1) is 0 Å². The molecule has 1 heterocycles. The number of fused-ring (bicyclic) bond motifs is 1. The van der Waals surface area contributed by atoms with E-state index in [0.717, 1.165) is 29.2 Å². The Morgan fingerprint density at radius 3 is 2.29 bits per heavy atom. The van der Waals surface area contributed by atoms with Gasteiger partial charge in [-0.25, -0.2) is 8.42 Å². The van der Waals surface area contributed by atoms with Crippen molar-refractivity contribution in [3.05, 3.63) is 72.3 Å². The summed E-state index contributed by atoms with van der Waals surface area (Å²) in [6.45, 7) is 1.15. The van der Waals surface area contributed by atoms with E-state index in [0.29, 0.717) is 18.8 Å². The third-order valence-corrected chi connectivity index (χ3v) is 6.93. The molecule has 0 bridgehead atoms. The van der Waals surface area contributed by atoms with E-state index >= 15 is 0 Å². The Bertz CT molecular complexity index is 1100. The number of benzene rings is 3. The maximum absolute atomic E-state index is 12.6. The summed E-state index contributed by atoms with van der Waals surface area (Å²) < 4.78 is 26.6. The van der Waals surface area contributed by atoms with E-state index in [9.17, 15) is 13.2 Å². The molecule has 1 aliphatic heterocycles. The molecule has 0 aromatic heterocycles. The molecule has 6 heteroatoms. The van der Waals surface area contributed by atoms with Crippen LogP contribution in [0.1, 0.15) is 18.4 Å². The van der Waals surface area contributed by atoms with Crippen molar-refractivity contribution in [3.8, 4) is 0 Å². The monoisotopic (exact) mass is 394 g/mol. The standard InChI is InChI=1S/C22H22N2O3S/c25-22(16-17-7-8-18-5-1-2-6-19(18)15-17)23-20-9-11-21(12-10-20)28(26,27)24-13-3-4-14-24/h1-2,5-12,15H,3-4,13-14,16H2,(H,23,25). The van der Waals surface area contributed by atoms with Crippen molar-refractivity contribution in [3.63, 3.8) is 0 Å². The Labute approximate surface area is 165 Å². The van der Waals surface area contributed by atoms with Crippen molar-refractivity contribution in [2.75, 3.05) is 18.4 Å². The largest absolute Gasteiger partial charge is 0.326 e. The van der Waals surface area contributed by atoms with Gasteiger partial charge in [0.15, 0.2) is 0 Å². The molecule has 3 aromatic carbocycles. The maximum atomic E-state index is 12.6. The highest BCUT2D eigenvalue weighted by molar-refractivity contribution is 7.89. The Morgan fingerprint density at radius 1 is 0.893 bits per heavy atom. The Kier molecular flexibility index (Phi) is 5.15. The zero-order valence-corrected chi connectivity index (χ0v) is 16.3. The summed E-state index contributed by atoms with van der Waals surface area (Å²) in [5.41, 5.74) is 1.52. The molecule has 144 valence electrons. The SMILES string of the molecule is O=C(Cc1ccc2ccccc2c1)Nc1ccc(S(=O)(=O)N2CCCC2)cc1. The fourth-order valence-electron chi connectivity index (χ4n) is 3.53. The lowest BCUT2D eigenvalue weighted by Crippen LogP contribution is -2.27. The summed E-state index contributed by atoms with van der Waals surface area (Å²) in [5, 5.41) is 5.08. The number of carbonyl (C=O) groups is 1. The van der Waals surface area contributed by atoms with Crippen LogP contribution in [0.15, 0.2) is 71.6 Å². The number of rotatable bonds is 5. The number of nitrogens with zero attached hydrogens (tertiary/aromatic N) is 1. The van der Waals surface area contributed by atoms with Gasteiger partial charge < -0.3 is 5.32 Å². The highest BCUT2D eigenvalue weighted by Crippen LogP contribution is 2.22. The first-order valence-corrected chi connectivity index (χ1v) is 10.8. The highest BCUT2D eigenvalue weighted by atomic mass is 32.2. The Hall–Kier alpha value is -2.70. The molecule has 1 N–H and O–H groups in total. The third-order valence-electron chi connectivity index (χ3n) is 5.02. The van der Waals surface area contributed by atoms with Crippen LogP contribution in [0.2, 0.25) is 0 Å². The summed E-state index contributed by atoms with van der Waals surface area (Å²) >= 11 is 0.